The first-order valence-corrected chi connectivity index (χ1v) is 7.39. The first-order chi connectivity index (χ1) is 9.79. The fourth-order valence-electron chi connectivity index (χ4n) is 2.75. The summed E-state index contributed by atoms with van der Waals surface area (Å²) in [6, 6.07) is 7.64. The molecule has 1 aromatic rings. The number of methoxy groups -OCH3 is 1. The van der Waals surface area contributed by atoms with Gasteiger partial charge in [0.05, 0.1) is 19.3 Å². The summed E-state index contributed by atoms with van der Waals surface area (Å²) >= 11 is 0. The highest BCUT2D eigenvalue weighted by atomic mass is 16.5. The van der Waals surface area contributed by atoms with Gasteiger partial charge in [0, 0.05) is 6.54 Å². The first-order valence-electron chi connectivity index (χ1n) is 7.39. The second-order valence-electron chi connectivity index (χ2n) is 5.30. The van der Waals surface area contributed by atoms with Crippen LogP contribution >= 0.6 is 0 Å². The van der Waals surface area contributed by atoms with E-state index in [1.165, 1.54) is 19.3 Å². The SMILES string of the molecule is COc1ccccc1OCCOC1(CN)CCCCC1. The van der Waals surface area contributed by atoms with E-state index >= 15 is 0 Å². The summed E-state index contributed by atoms with van der Waals surface area (Å²) in [6.07, 6.45) is 5.86. The van der Waals surface area contributed by atoms with Gasteiger partial charge < -0.3 is 19.9 Å². The molecule has 0 amide bonds. The molecule has 0 aliphatic heterocycles. The summed E-state index contributed by atoms with van der Waals surface area (Å²) in [6.45, 7) is 1.68. The molecule has 0 atom stereocenters. The summed E-state index contributed by atoms with van der Waals surface area (Å²) in [7, 11) is 1.64. The van der Waals surface area contributed by atoms with Gasteiger partial charge in [0.1, 0.15) is 6.61 Å². The minimum absolute atomic E-state index is 0.123. The third kappa shape index (κ3) is 3.87. The van der Waals surface area contributed by atoms with Gasteiger partial charge in [-0.15, -0.1) is 0 Å². The van der Waals surface area contributed by atoms with Gasteiger partial charge in [0.15, 0.2) is 11.5 Å². The van der Waals surface area contributed by atoms with Crippen molar-refractivity contribution in [3.8, 4) is 11.5 Å². The number of para-hydroxylation sites is 2. The highest BCUT2D eigenvalue weighted by Crippen LogP contribution is 2.31. The molecule has 1 fully saturated rings. The van der Waals surface area contributed by atoms with Gasteiger partial charge in [0.25, 0.3) is 0 Å². The molecule has 1 aliphatic rings. The Morgan fingerprint density at radius 2 is 1.75 bits per heavy atom. The van der Waals surface area contributed by atoms with E-state index in [1.54, 1.807) is 7.11 Å². The zero-order chi connectivity index (χ0) is 14.3. The Bertz CT molecular complexity index is 402. The molecule has 4 heteroatoms. The van der Waals surface area contributed by atoms with E-state index in [0.717, 1.165) is 24.3 Å². The number of hydrogen-bond acceptors (Lipinski definition) is 4. The minimum Gasteiger partial charge on any atom is -0.493 e. The number of hydrogen-bond donors (Lipinski definition) is 1. The van der Waals surface area contributed by atoms with E-state index in [4.69, 9.17) is 19.9 Å². The lowest BCUT2D eigenvalue weighted by molar-refractivity contribution is -0.0714. The lowest BCUT2D eigenvalue weighted by atomic mass is 9.85. The van der Waals surface area contributed by atoms with Crippen LogP contribution in [0.3, 0.4) is 0 Å². The van der Waals surface area contributed by atoms with E-state index < -0.39 is 0 Å². The summed E-state index contributed by atoms with van der Waals surface area (Å²) in [5.41, 5.74) is 5.77. The molecule has 0 radical (unpaired) electrons. The monoisotopic (exact) mass is 279 g/mol. The Labute approximate surface area is 121 Å². The fraction of sp³-hybridized carbons (Fsp3) is 0.625. The van der Waals surface area contributed by atoms with Gasteiger partial charge in [0.2, 0.25) is 0 Å². The molecule has 0 saturated heterocycles. The minimum atomic E-state index is -0.123. The third-order valence-electron chi connectivity index (χ3n) is 3.96. The van der Waals surface area contributed by atoms with Crippen molar-refractivity contribution in [1.29, 1.82) is 0 Å². The Morgan fingerprint density at radius 3 is 2.40 bits per heavy atom. The van der Waals surface area contributed by atoms with E-state index in [9.17, 15) is 0 Å². The molecule has 1 aromatic carbocycles. The molecule has 4 nitrogen and oxygen atoms in total. The maximum Gasteiger partial charge on any atom is 0.161 e. The predicted octanol–water partition coefficient (Wildman–Crippen LogP) is 2.75. The molecule has 0 bridgehead atoms. The summed E-state index contributed by atoms with van der Waals surface area (Å²) in [4.78, 5) is 0. The van der Waals surface area contributed by atoms with Gasteiger partial charge in [-0.2, -0.15) is 0 Å². The van der Waals surface area contributed by atoms with Crippen molar-refractivity contribution in [3.05, 3.63) is 24.3 Å². The molecule has 0 heterocycles. The maximum atomic E-state index is 6.02. The van der Waals surface area contributed by atoms with Crippen LogP contribution < -0.4 is 15.2 Å². The molecule has 0 spiro atoms. The lowest BCUT2D eigenvalue weighted by Gasteiger charge is -2.36. The van der Waals surface area contributed by atoms with Crippen molar-refractivity contribution < 1.29 is 14.2 Å². The second kappa shape index (κ2) is 7.50. The average molecular weight is 279 g/mol. The molecule has 1 saturated carbocycles. The molecule has 2 rings (SSSR count). The van der Waals surface area contributed by atoms with E-state index in [1.807, 2.05) is 24.3 Å². The lowest BCUT2D eigenvalue weighted by Crippen LogP contribution is -2.43. The molecule has 112 valence electrons. The van der Waals surface area contributed by atoms with Crippen LogP contribution in [0.1, 0.15) is 32.1 Å². The molecule has 0 aromatic heterocycles. The Kier molecular flexibility index (Phi) is 5.68. The zero-order valence-electron chi connectivity index (χ0n) is 12.3. The van der Waals surface area contributed by atoms with Gasteiger partial charge in [-0.3, -0.25) is 0 Å². The van der Waals surface area contributed by atoms with Crippen molar-refractivity contribution in [2.75, 3.05) is 26.9 Å². The van der Waals surface area contributed by atoms with Crippen molar-refractivity contribution in [2.24, 2.45) is 5.73 Å². The second-order valence-corrected chi connectivity index (χ2v) is 5.30. The quantitative estimate of drug-likeness (QED) is 0.780. The number of nitrogens with two attached hydrogens (primary N) is 1. The summed E-state index contributed by atoms with van der Waals surface area (Å²) in [5.74, 6) is 1.50. The Hall–Kier alpha value is -1.26. The average Bonchev–Trinajstić information content (AvgIpc) is 2.53. The van der Waals surface area contributed by atoms with Crippen molar-refractivity contribution in [1.82, 2.24) is 0 Å². The van der Waals surface area contributed by atoms with Crippen LogP contribution in [0.15, 0.2) is 24.3 Å². The van der Waals surface area contributed by atoms with Gasteiger partial charge in [-0.25, -0.2) is 0 Å². The standard InChI is InChI=1S/C16H25NO3/c1-18-14-7-3-4-8-15(14)19-11-12-20-16(13-17)9-5-2-6-10-16/h3-4,7-8H,2,5-6,9-13,17H2,1H3. The first kappa shape index (κ1) is 15.1. The van der Waals surface area contributed by atoms with Crippen LogP contribution in [0.25, 0.3) is 0 Å². The van der Waals surface area contributed by atoms with E-state index in [0.29, 0.717) is 19.8 Å². The van der Waals surface area contributed by atoms with Crippen molar-refractivity contribution >= 4 is 0 Å². The van der Waals surface area contributed by atoms with Gasteiger partial charge in [-0.05, 0) is 25.0 Å². The van der Waals surface area contributed by atoms with Crippen LogP contribution in [0, 0.1) is 0 Å². The number of rotatable bonds is 7. The van der Waals surface area contributed by atoms with Crippen LogP contribution in [0.2, 0.25) is 0 Å². The summed E-state index contributed by atoms with van der Waals surface area (Å²) < 4.78 is 17.0. The zero-order valence-corrected chi connectivity index (χ0v) is 12.3. The smallest absolute Gasteiger partial charge is 0.161 e. The molecular weight excluding hydrogens is 254 g/mol. The normalized spacial score (nSPS) is 17.7. The fourth-order valence-corrected chi connectivity index (χ4v) is 2.75. The Balaban J connectivity index is 1.78. The highest BCUT2D eigenvalue weighted by Gasteiger charge is 2.31. The highest BCUT2D eigenvalue weighted by molar-refractivity contribution is 5.39. The number of benzene rings is 1. The van der Waals surface area contributed by atoms with Crippen molar-refractivity contribution in [2.45, 2.75) is 37.7 Å². The molecule has 2 N–H and O–H groups in total. The molecular formula is C16H25NO3. The van der Waals surface area contributed by atoms with Crippen LogP contribution in [-0.4, -0.2) is 32.5 Å². The maximum absolute atomic E-state index is 6.02. The number of ether oxygens (including phenoxy) is 3. The molecule has 0 unspecified atom stereocenters. The Morgan fingerprint density at radius 1 is 1.05 bits per heavy atom. The molecule has 20 heavy (non-hydrogen) atoms. The van der Waals surface area contributed by atoms with E-state index in [2.05, 4.69) is 0 Å². The van der Waals surface area contributed by atoms with Crippen molar-refractivity contribution in [3.63, 3.8) is 0 Å². The van der Waals surface area contributed by atoms with Crippen LogP contribution in [0.4, 0.5) is 0 Å². The largest absolute Gasteiger partial charge is 0.493 e. The van der Waals surface area contributed by atoms with Crippen LogP contribution in [-0.2, 0) is 4.74 Å². The van der Waals surface area contributed by atoms with Gasteiger partial charge >= 0.3 is 0 Å². The topological polar surface area (TPSA) is 53.7 Å². The predicted molar refractivity (Wildman–Crippen MR) is 79.3 cm³/mol. The van der Waals surface area contributed by atoms with Gasteiger partial charge in [-0.1, -0.05) is 31.4 Å². The van der Waals surface area contributed by atoms with E-state index in [-0.39, 0.29) is 5.60 Å². The van der Waals surface area contributed by atoms with Crippen LogP contribution in [0.5, 0.6) is 11.5 Å². The third-order valence-corrected chi connectivity index (χ3v) is 3.96. The molecule has 1 aliphatic carbocycles. The summed E-state index contributed by atoms with van der Waals surface area (Å²) in [5, 5.41) is 0.